The zero-order valence-electron chi connectivity index (χ0n) is 7.52. The maximum absolute atomic E-state index is 13.1. The van der Waals surface area contributed by atoms with Gasteiger partial charge in [0.1, 0.15) is 0 Å². The monoisotopic (exact) mass is 267 g/mol. The minimum absolute atomic E-state index is 0.214. The molecule has 0 spiro atoms. The number of hydrogen-bond acceptors (Lipinski definition) is 4. The van der Waals surface area contributed by atoms with Gasteiger partial charge in [0.25, 0.3) is 0 Å². The van der Waals surface area contributed by atoms with Crippen molar-refractivity contribution in [1.29, 1.82) is 0 Å². The molecule has 86 valence electrons. The number of halogens is 3. The van der Waals surface area contributed by atoms with Crippen LogP contribution >= 0.6 is 11.3 Å². The molecule has 3 nitrogen and oxygen atoms in total. The van der Waals surface area contributed by atoms with Crippen molar-refractivity contribution in [2.75, 3.05) is 0 Å². The molecule has 1 heterocycles. The molecule has 0 aliphatic carbocycles. The average molecular weight is 267 g/mol. The number of rotatable bonds is 2. The molecule has 1 aromatic carbocycles. The van der Waals surface area contributed by atoms with Gasteiger partial charge in [-0.1, -0.05) is 16.0 Å². The minimum Gasteiger partial charge on any atom is -0.234 e. The second-order valence-corrected chi connectivity index (χ2v) is 5.36. The molecular weight excluding hydrogens is 263 g/mol. The van der Waals surface area contributed by atoms with E-state index >= 15 is 0 Å². The average Bonchev–Trinajstić information content (AvgIpc) is 2.59. The predicted octanol–water partition coefficient (Wildman–Crippen LogP) is 2.64. The smallest absolute Gasteiger partial charge is 0.234 e. The van der Waals surface area contributed by atoms with Gasteiger partial charge >= 0.3 is 15.5 Å². The van der Waals surface area contributed by atoms with Gasteiger partial charge in [0, 0.05) is 0 Å². The van der Waals surface area contributed by atoms with Gasteiger partial charge in [-0.3, -0.25) is 0 Å². The van der Waals surface area contributed by atoms with E-state index < -0.39 is 20.5 Å². The molecule has 2 rings (SSSR count). The molecule has 0 aliphatic rings. The highest BCUT2D eigenvalue weighted by Crippen LogP contribution is 2.39. The summed E-state index contributed by atoms with van der Waals surface area (Å²) in [6.45, 7) is 0. The fourth-order valence-electron chi connectivity index (χ4n) is 1.10. The first kappa shape index (κ1) is 11.3. The summed E-state index contributed by atoms with van der Waals surface area (Å²) in [5, 5.41) is -5.65. The second-order valence-electron chi connectivity index (χ2n) is 2.94. The third-order valence-corrected chi connectivity index (χ3v) is 3.89. The summed E-state index contributed by atoms with van der Waals surface area (Å²) in [5.41, 5.74) is 0.214. The van der Waals surface area contributed by atoms with Gasteiger partial charge in [0.15, 0.2) is 5.01 Å². The molecule has 0 atom stereocenters. The van der Waals surface area contributed by atoms with Crippen LogP contribution < -0.4 is 0 Å². The predicted molar refractivity (Wildman–Crippen MR) is 53.5 cm³/mol. The third kappa shape index (κ3) is 1.67. The molecule has 0 unspecified atom stereocenters. The SMILES string of the molecule is O=S(=O)(F)C(F)(F)c1nc2ccccc2s1. The molecule has 8 heteroatoms. The van der Waals surface area contributed by atoms with Gasteiger partial charge in [-0.25, -0.2) is 4.98 Å². The molecule has 0 N–H and O–H groups in total. The van der Waals surface area contributed by atoms with Crippen molar-refractivity contribution in [2.45, 2.75) is 5.25 Å². The van der Waals surface area contributed by atoms with Crippen molar-refractivity contribution in [3.8, 4) is 0 Å². The molecule has 0 fully saturated rings. The number of alkyl halides is 2. The van der Waals surface area contributed by atoms with Crippen LogP contribution in [0.5, 0.6) is 0 Å². The lowest BCUT2D eigenvalue weighted by molar-refractivity contribution is 0.0842. The standard InChI is InChI=1S/C8H4F3NO2S2/c9-8(10,16(11,13)14)7-12-5-3-1-2-4-6(5)15-7/h1-4H. The Balaban J connectivity index is 2.65. The summed E-state index contributed by atoms with van der Waals surface area (Å²) < 4.78 is 59.5. The van der Waals surface area contributed by atoms with Crippen LogP contribution in [0.1, 0.15) is 5.01 Å². The molecule has 2 aromatic rings. The Kier molecular flexibility index (Phi) is 2.43. The summed E-state index contributed by atoms with van der Waals surface area (Å²) in [7, 11) is -5.99. The van der Waals surface area contributed by atoms with Gasteiger partial charge in [-0.2, -0.15) is 17.2 Å². The Morgan fingerprint density at radius 1 is 1.25 bits per heavy atom. The third-order valence-electron chi connectivity index (χ3n) is 1.85. The molecule has 0 radical (unpaired) electrons. The maximum Gasteiger partial charge on any atom is 0.424 e. The van der Waals surface area contributed by atoms with E-state index in [9.17, 15) is 21.1 Å². The van der Waals surface area contributed by atoms with Crippen LogP contribution in [0.25, 0.3) is 10.2 Å². The van der Waals surface area contributed by atoms with Crippen molar-refractivity contribution in [3.05, 3.63) is 29.3 Å². The first-order valence-corrected chi connectivity index (χ1v) is 6.20. The Hall–Kier alpha value is -1.15. The largest absolute Gasteiger partial charge is 0.424 e. The Labute approximate surface area is 92.8 Å². The van der Waals surface area contributed by atoms with E-state index in [2.05, 4.69) is 4.98 Å². The van der Waals surface area contributed by atoms with E-state index in [0.717, 1.165) is 0 Å². The highest BCUT2D eigenvalue weighted by Gasteiger charge is 2.50. The maximum atomic E-state index is 13.1. The molecule has 1 aromatic heterocycles. The second kappa shape index (κ2) is 3.42. The molecular formula is C8H4F3NO2S2. The zero-order chi connectivity index (χ0) is 12.0. The van der Waals surface area contributed by atoms with Crippen molar-refractivity contribution >= 4 is 31.8 Å². The van der Waals surface area contributed by atoms with Gasteiger partial charge < -0.3 is 0 Å². The fraction of sp³-hybridized carbons (Fsp3) is 0.125. The van der Waals surface area contributed by atoms with Crippen LogP contribution in [-0.2, 0) is 15.5 Å². The number of nitrogens with zero attached hydrogens (tertiary/aromatic N) is 1. The van der Waals surface area contributed by atoms with E-state index in [-0.39, 0.29) is 5.52 Å². The summed E-state index contributed by atoms with van der Waals surface area (Å²) in [6, 6.07) is 6.09. The molecule has 0 bridgehead atoms. The number of para-hydroxylation sites is 1. The van der Waals surface area contributed by atoms with Crippen LogP contribution in [0.15, 0.2) is 24.3 Å². The Morgan fingerprint density at radius 2 is 1.88 bits per heavy atom. The van der Waals surface area contributed by atoms with E-state index in [0.29, 0.717) is 16.0 Å². The highest BCUT2D eigenvalue weighted by molar-refractivity contribution is 7.87. The van der Waals surface area contributed by atoms with Crippen molar-refractivity contribution in [3.63, 3.8) is 0 Å². The number of fused-ring (bicyclic) bond motifs is 1. The lowest BCUT2D eigenvalue weighted by atomic mass is 10.3. The first-order chi connectivity index (χ1) is 7.32. The molecule has 0 aliphatic heterocycles. The zero-order valence-corrected chi connectivity index (χ0v) is 9.16. The summed E-state index contributed by atoms with van der Waals surface area (Å²) >= 11 is 0.451. The van der Waals surface area contributed by atoms with E-state index in [1.165, 1.54) is 12.1 Å². The molecule has 0 saturated carbocycles. The van der Waals surface area contributed by atoms with Crippen LogP contribution in [0.3, 0.4) is 0 Å². The number of thiazole rings is 1. The van der Waals surface area contributed by atoms with Crippen molar-refractivity contribution in [2.24, 2.45) is 0 Å². The fourth-order valence-corrected chi connectivity index (χ4v) is 2.61. The Morgan fingerprint density at radius 3 is 2.44 bits per heavy atom. The lowest BCUT2D eigenvalue weighted by Gasteiger charge is -2.06. The van der Waals surface area contributed by atoms with Gasteiger partial charge in [-0.15, -0.1) is 11.3 Å². The quantitative estimate of drug-likeness (QED) is 0.786. The first-order valence-electron chi connectivity index (χ1n) is 4.00. The van der Waals surface area contributed by atoms with E-state index in [1.807, 2.05) is 0 Å². The van der Waals surface area contributed by atoms with Gasteiger partial charge in [0.05, 0.1) is 10.2 Å². The number of benzene rings is 1. The lowest BCUT2D eigenvalue weighted by Crippen LogP contribution is -2.21. The van der Waals surface area contributed by atoms with Crippen LogP contribution in [-0.4, -0.2) is 13.4 Å². The van der Waals surface area contributed by atoms with Crippen LogP contribution in [0.4, 0.5) is 12.7 Å². The van der Waals surface area contributed by atoms with Crippen LogP contribution in [0, 0.1) is 0 Å². The minimum atomic E-state index is -5.99. The summed E-state index contributed by atoms with van der Waals surface area (Å²) in [6.07, 6.45) is 0. The van der Waals surface area contributed by atoms with E-state index in [1.54, 1.807) is 12.1 Å². The molecule has 16 heavy (non-hydrogen) atoms. The Bertz CT molecular complexity index is 603. The number of hydrogen-bond donors (Lipinski definition) is 0. The summed E-state index contributed by atoms with van der Waals surface area (Å²) in [5.74, 6) is 0. The number of aromatic nitrogens is 1. The van der Waals surface area contributed by atoms with Crippen LogP contribution in [0.2, 0.25) is 0 Å². The van der Waals surface area contributed by atoms with E-state index in [4.69, 9.17) is 0 Å². The highest BCUT2D eigenvalue weighted by atomic mass is 32.3. The van der Waals surface area contributed by atoms with Gasteiger partial charge in [0.2, 0.25) is 0 Å². The van der Waals surface area contributed by atoms with Gasteiger partial charge in [-0.05, 0) is 12.1 Å². The molecule has 0 amide bonds. The van der Waals surface area contributed by atoms with Crippen molar-refractivity contribution in [1.82, 2.24) is 4.98 Å². The van der Waals surface area contributed by atoms with Crippen molar-refractivity contribution < 1.29 is 21.1 Å². The normalized spacial score (nSPS) is 13.2. The summed E-state index contributed by atoms with van der Waals surface area (Å²) in [4.78, 5) is 3.40. The molecule has 0 saturated heterocycles. The topological polar surface area (TPSA) is 47.0 Å².